The Morgan fingerprint density at radius 3 is 2.50 bits per heavy atom. The number of likely N-dealkylation sites (tertiary alicyclic amines) is 1. The summed E-state index contributed by atoms with van der Waals surface area (Å²) in [5.41, 5.74) is -1.88. The maximum atomic E-state index is 15.5. The molecule has 0 radical (unpaired) electrons. The van der Waals surface area contributed by atoms with E-state index in [4.69, 9.17) is 9.47 Å². The third kappa shape index (κ3) is 5.43. The molecule has 3 aromatic rings. The van der Waals surface area contributed by atoms with Crippen molar-refractivity contribution in [3.8, 4) is 11.5 Å². The Morgan fingerprint density at radius 1 is 1.20 bits per heavy atom. The number of fused-ring (bicyclic) bond motifs is 1. The largest absolute Gasteiger partial charge is 0.493 e. The predicted molar refractivity (Wildman–Crippen MR) is 150 cm³/mol. The molecule has 0 spiro atoms. The van der Waals surface area contributed by atoms with Crippen LogP contribution in [0.5, 0.6) is 11.5 Å². The Bertz CT molecular complexity index is 1390. The van der Waals surface area contributed by atoms with Crippen molar-refractivity contribution in [2.24, 2.45) is 0 Å². The number of methoxy groups -OCH3 is 1. The summed E-state index contributed by atoms with van der Waals surface area (Å²) in [7, 11) is 3.68. The molecule has 2 aromatic carbocycles. The van der Waals surface area contributed by atoms with E-state index in [1.54, 1.807) is 21.0 Å². The van der Waals surface area contributed by atoms with Gasteiger partial charge in [-0.3, -0.25) is 4.90 Å². The number of rotatable bonds is 9. The van der Waals surface area contributed by atoms with Crippen molar-refractivity contribution < 1.29 is 27.8 Å². The van der Waals surface area contributed by atoms with Crippen LogP contribution in [0.25, 0.3) is 10.9 Å². The van der Waals surface area contributed by atoms with E-state index in [9.17, 15) is 13.9 Å². The molecule has 1 fully saturated rings. The number of hydrogen-bond donors (Lipinski definition) is 2. The molecule has 2 heterocycles. The topological polar surface area (TPSA) is 79.7 Å². The molecule has 7 nitrogen and oxygen atoms in total. The molecule has 0 amide bonds. The Hall–Kier alpha value is -3.11. The average Bonchev–Trinajstić information content (AvgIpc) is 3.19. The molecule has 3 atom stereocenters. The molecule has 1 aliphatic heterocycles. The van der Waals surface area contributed by atoms with Crippen LogP contribution in [-0.2, 0) is 5.92 Å². The number of halogens is 3. The van der Waals surface area contributed by atoms with Gasteiger partial charge in [0.05, 0.1) is 24.2 Å². The van der Waals surface area contributed by atoms with E-state index in [0.717, 1.165) is 38.3 Å². The van der Waals surface area contributed by atoms with Gasteiger partial charge >= 0.3 is 5.92 Å². The zero-order chi connectivity index (χ0) is 29.6. The fourth-order valence-electron chi connectivity index (χ4n) is 5.29. The molecule has 0 saturated carbocycles. The Kier molecular flexibility index (Phi) is 8.25. The number of ether oxygens (including phenoxy) is 2. The maximum absolute atomic E-state index is 15.5. The second-order valence-electron chi connectivity index (χ2n) is 11.3. The van der Waals surface area contributed by atoms with Gasteiger partial charge in [0.1, 0.15) is 29.7 Å². The first-order valence-electron chi connectivity index (χ1n) is 13.5. The molecule has 0 bridgehead atoms. The highest BCUT2D eigenvalue weighted by molar-refractivity contribution is 5.94. The molecule has 1 aromatic heterocycles. The van der Waals surface area contributed by atoms with Gasteiger partial charge in [-0.25, -0.2) is 14.4 Å². The first-order valence-corrected chi connectivity index (χ1v) is 13.5. The van der Waals surface area contributed by atoms with Crippen molar-refractivity contribution >= 4 is 16.7 Å². The van der Waals surface area contributed by atoms with Gasteiger partial charge in [0.15, 0.2) is 11.5 Å². The summed E-state index contributed by atoms with van der Waals surface area (Å²) in [5.74, 6) is -2.87. The minimum absolute atomic E-state index is 0.0194. The average molecular weight is 561 g/mol. The molecular formula is C30H39F3N4O3. The summed E-state index contributed by atoms with van der Waals surface area (Å²) >= 11 is 0. The van der Waals surface area contributed by atoms with Crippen LogP contribution in [0.1, 0.15) is 69.1 Å². The third-order valence-electron chi connectivity index (χ3n) is 8.03. The molecule has 218 valence electrons. The minimum atomic E-state index is -3.80. The molecule has 4 rings (SSSR count). The summed E-state index contributed by atoms with van der Waals surface area (Å²) in [6, 6.07) is 5.63. The summed E-state index contributed by atoms with van der Waals surface area (Å²) in [4.78, 5) is 11.5. The van der Waals surface area contributed by atoms with Crippen LogP contribution in [-0.4, -0.2) is 58.4 Å². The lowest BCUT2D eigenvalue weighted by atomic mass is 9.91. The molecule has 1 saturated heterocycles. The molecule has 1 aliphatic rings. The monoisotopic (exact) mass is 560 g/mol. The second kappa shape index (κ2) is 11.0. The quantitative estimate of drug-likeness (QED) is 0.318. The Morgan fingerprint density at radius 2 is 1.90 bits per heavy atom. The van der Waals surface area contributed by atoms with Crippen LogP contribution in [0.2, 0.25) is 0 Å². The van der Waals surface area contributed by atoms with Gasteiger partial charge in [-0.15, -0.1) is 0 Å². The second-order valence-corrected chi connectivity index (χ2v) is 11.3. The number of nitrogens with zero attached hydrogens (tertiary/aromatic N) is 3. The van der Waals surface area contributed by atoms with Crippen LogP contribution < -0.4 is 14.8 Å². The number of aryl methyl sites for hydroxylation is 2. The highest BCUT2D eigenvalue weighted by Crippen LogP contribution is 2.42. The lowest BCUT2D eigenvalue weighted by molar-refractivity contribution is -0.170. The molecule has 40 heavy (non-hydrogen) atoms. The van der Waals surface area contributed by atoms with Gasteiger partial charge in [-0.1, -0.05) is 12.1 Å². The molecule has 0 unspecified atom stereocenters. The van der Waals surface area contributed by atoms with Crippen molar-refractivity contribution in [3.63, 3.8) is 0 Å². The van der Waals surface area contributed by atoms with Crippen LogP contribution in [0.3, 0.4) is 0 Å². The minimum Gasteiger partial charge on any atom is -0.493 e. The molecule has 2 N–H and O–H groups in total. The zero-order valence-electron chi connectivity index (χ0n) is 24.4. The van der Waals surface area contributed by atoms with Crippen LogP contribution in [0.4, 0.5) is 19.0 Å². The van der Waals surface area contributed by atoms with E-state index in [1.165, 1.54) is 12.1 Å². The molecule has 0 aliphatic carbocycles. The van der Waals surface area contributed by atoms with Gasteiger partial charge in [-0.05, 0) is 73.6 Å². The predicted octanol–water partition coefficient (Wildman–Crippen LogP) is 6.29. The smallest absolute Gasteiger partial charge is 0.303 e. The highest BCUT2D eigenvalue weighted by Gasteiger charge is 2.49. The van der Waals surface area contributed by atoms with Gasteiger partial charge < -0.3 is 19.9 Å². The van der Waals surface area contributed by atoms with Crippen LogP contribution >= 0.6 is 0 Å². The van der Waals surface area contributed by atoms with E-state index < -0.39 is 28.9 Å². The Labute approximate surface area is 233 Å². The van der Waals surface area contributed by atoms with Crippen molar-refractivity contribution in [3.05, 3.63) is 52.6 Å². The first kappa shape index (κ1) is 29.9. The lowest BCUT2D eigenvalue weighted by Gasteiger charge is -2.30. The number of hydrogen-bond acceptors (Lipinski definition) is 7. The van der Waals surface area contributed by atoms with Crippen molar-refractivity contribution in [1.29, 1.82) is 0 Å². The summed E-state index contributed by atoms with van der Waals surface area (Å²) < 4.78 is 57.2. The van der Waals surface area contributed by atoms with E-state index in [2.05, 4.69) is 34.2 Å². The van der Waals surface area contributed by atoms with E-state index in [1.807, 2.05) is 13.0 Å². The lowest BCUT2D eigenvalue weighted by Crippen LogP contribution is -2.41. The van der Waals surface area contributed by atoms with Crippen LogP contribution in [0.15, 0.2) is 24.3 Å². The van der Waals surface area contributed by atoms with Crippen LogP contribution in [0, 0.1) is 19.7 Å². The number of likely N-dealkylation sites (N-methyl/N-ethyl adjacent to an activating group) is 1. The van der Waals surface area contributed by atoms with Gasteiger partial charge in [0.25, 0.3) is 0 Å². The van der Waals surface area contributed by atoms with E-state index >= 15 is 4.39 Å². The van der Waals surface area contributed by atoms with Crippen molar-refractivity contribution in [1.82, 2.24) is 14.9 Å². The summed E-state index contributed by atoms with van der Waals surface area (Å²) in [6.07, 6.45) is 2.15. The molecular weight excluding hydrogens is 521 g/mol. The van der Waals surface area contributed by atoms with E-state index in [0.29, 0.717) is 46.7 Å². The Balaban J connectivity index is 1.72. The standard InChI is InChI=1S/C30H39F3N4O3/c1-16-12-13-20(37(16)7)15-40-24-14-22-26(17(2)27(24)39-8)35-19(4)36-28(22)34-18(3)21-10-9-11-23(25(21)31)30(32,33)29(5,6)38/h9-11,14,16,18,20,38H,12-13,15H2,1-8H3,(H,34,35,36)/t16-,18-,20+/m1/s1. The number of nitrogens with one attached hydrogen (secondary N) is 1. The normalized spacial score (nSPS) is 19.2. The maximum Gasteiger partial charge on any atom is 0.303 e. The van der Waals surface area contributed by atoms with Crippen molar-refractivity contribution in [2.75, 3.05) is 26.1 Å². The third-order valence-corrected chi connectivity index (χ3v) is 8.03. The van der Waals surface area contributed by atoms with Gasteiger partial charge in [-0.2, -0.15) is 8.78 Å². The first-order chi connectivity index (χ1) is 18.7. The SMILES string of the molecule is COc1c(OC[C@@H]2CC[C@@H](C)N2C)cc2c(N[C@H](C)c3cccc(C(F)(F)C(C)(C)O)c3F)nc(C)nc2c1C. The molecule has 10 heteroatoms. The summed E-state index contributed by atoms with van der Waals surface area (Å²) in [5, 5.41) is 13.8. The fraction of sp³-hybridized carbons (Fsp3) is 0.533. The van der Waals surface area contributed by atoms with Gasteiger partial charge in [0, 0.05) is 28.6 Å². The van der Waals surface area contributed by atoms with Gasteiger partial charge in [0.2, 0.25) is 0 Å². The zero-order valence-corrected chi connectivity index (χ0v) is 24.4. The number of anilines is 1. The van der Waals surface area contributed by atoms with Crippen molar-refractivity contribution in [2.45, 2.75) is 84.0 Å². The number of benzene rings is 2. The fourth-order valence-corrected chi connectivity index (χ4v) is 5.29. The number of aliphatic hydroxyl groups is 1. The number of alkyl halides is 2. The summed E-state index contributed by atoms with van der Waals surface area (Å²) in [6.45, 7) is 9.90. The number of aromatic nitrogens is 2. The van der Waals surface area contributed by atoms with E-state index in [-0.39, 0.29) is 11.6 Å². The highest BCUT2D eigenvalue weighted by atomic mass is 19.3.